The predicted molar refractivity (Wildman–Crippen MR) is 52.2 cm³/mol. The van der Waals surface area contributed by atoms with E-state index in [9.17, 15) is 0 Å². The molecule has 1 aromatic rings. The Kier molecular flexibility index (Phi) is 2.70. The lowest BCUT2D eigenvalue weighted by molar-refractivity contribution is -0.0573. The lowest BCUT2D eigenvalue weighted by Gasteiger charge is -2.10. The molecule has 1 aromatic carbocycles. The minimum Gasteiger partial charge on any atom is -0.497 e. The summed E-state index contributed by atoms with van der Waals surface area (Å²) in [5.41, 5.74) is 1.01. The largest absolute Gasteiger partial charge is 0.497 e. The molecule has 0 N–H and O–H groups in total. The van der Waals surface area contributed by atoms with Crippen molar-refractivity contribution in [3.05, 3.63) is 29.8 Å². The van der Waals surface area contributed by atoms with E-state index in [-0.39, 0.29) is 12.4 Å². The van der Waals surface area contributed by atoms with E-state index in [1.165, 1.54) is 0 Å². The molecular weight excluding hydrogens is 180 g/mol. The smallest absolute Gasteiger partial charge is 0.184 e. The molecule has 0 aliphatic carbocycles. The highest BCUT2D eigenvalue weighted by Crippen LogP contribution is 2.28. The molecule has 1 aliphatic heterocycles. The third-order valence-corrected chi connectivity index (χ3v) is 2.20. The van der Waals surface area contributed by atoms with Crippen LogP contribution in [0, 0.1) is 0 Å². The molecule has 2 rings (SSSR count). The molecule has 1 fully saturated rings. The first-order valence-electron chi connectivity index (χ1n) is 4.70. The molecule has 1 heterocycles. The van der Waals surface area contributed by atoms with Gasteiger partial charge in [0.25, 0.3) is 0 Å². The highest BCUT2D eigenvalue weighted by molar-refractivity contribution is 5.29. The summed E-state index contributed by atoms with van der Waals surface area (Å²) in [6.07, 6.45) is -0.0636. The lowest BCUT2D eigenvalue weighted by atomic mass is 10.2. The van der Waals surface area contributed by atoms with Gasteiger partial charge in [-0.05, 0) is 19.1 Å². The Morgan fingerprint density at radius 1 is 1.43 bits per heavy atom. The second-order valence-corrected chi connectivity index (χ2v) is 3.39. The van der Waals surface area contributed by atoms with Gasteiger partial charge >= 0.3 is 0 Å². The Bertz CT molecular complexity index is 311. The second-order valence-electron chi connectivity index (χ2n) is 3.39. The van der Waals surface area contributed by atoms with E-state index in [0.717, 1.165) is 11.3 Å². The third-order valence-electron chi connectivity index (χ3n) is 2.20. The molecule has 14 heavy (non-hydrogen) atoms. The molecule has 1 saturated heterocycles. The number of hydrogen-bond acceptors (Lipinski definition) is 3. The van der Waals surface area contributed by atoms with Crippen LogP contribution in [0.2, 0.25) is 0 Å². The molecule has 1 aliphatic rings. The van der Waals surface area contributed by atoms with Crippen molar-refractivity contribution in [1.82, 2.24) is 0 Å². The Hall–Kier alpha value is -1.06. The molecule has 3 nitrogen and oxygen atoms in total. The van der Waals surface area contributed by atoms with Crippen LogP contribution in [0.1, 0.15) is 18.8 Å². The normalized spacial score (nSPS) is 26.4. The Labute approximate surface area is 83.6 Å². The molecular formula is C11H14O3. The maximum atomic E-state index is 5.57. The monoisotopic (exact) mass is 194 g/mol. The summed E-state index contributed by atoms with van der Waals surface area (Å²) in [5.74, 6) is 0.828. The summed E-state index contributed by atoms with van der Waals surface area (Å²) in [7, 11) is 1.65. The van der Waals surface area contributed by atoms with E-state index in [1.54, 1.807) is 7.11 Å². The Balaban J connectivity index is 2.15. The average molecular weight is 194 g/mol. The molecule has 2 unspecified atom stereocenters. The third kappa shape index (κ3) is 1.89. The summed E-state index contributed by atoms with van der Waals surface area (Å²) in [6.45, 7) is 2.65. The molecule has 0 saturated carbocycles. The van der Waals surface area contributed by atoms with Crippen LogP contribution in [0.4, 0.5) is 0 Å². The van der Waals surface area contributed by atoms with Gasteiger partial charge in [-0.25, -0.2) is 0 Å². The zero-order chi connectivity index (χ0) is 9.97. The van der Waals surface area contributed by atoms with Crippen LogP contribution in [0.5, 0.6) is 5.75 Å². The first-order valence-corrected chi connectivity index (χ1v) is 4.70. The van der Waals surface area contributed by atoms with Gasteiger partial charge in [0.2, 0.25) is 0 Å². The number of hydrogen-bond donors (Lipinski definition) is 0. The van der Waals surface area contributed by atoms with Gasteiger partial charge in [0.05, 0.1) is 19.8 Å². The highest BCUT2D eigenvalue weighted by Gasteiger charge is 2.23. The zero-order valence-electron chi connectivity index (χ0n) is 8.40. The van der Waals surface area contributed by atoms with Crippen molar-refractivity contribution >= 4 is 0 Å². The Morgan fingerprint density at radius 3 is 2.93 bits per heavy atom. The fourth-order valence-corrected chi connectivity index (χ4v) is 1.48. The van der Waals surface area contributed by atoms with Crippen LogP contribution in [-0.2, 0) is 9.47 Å². The van der Waals surface area contributed by atoms with E-state index in [0.29, 0.717) is 6.61 Å². The topological polar surface area (TPSA) is 27.7 Å². The summed E-state index contributed by atoms with van der Waals surface area (Å²) in [4.78, 5) is 0. The van der Waals surface area contributed by atoms with E-state index < -0.39 is 0 Å². The number of ether oxygens (including phenoxy) is 3. The van der Waals surface area contributed by atoms with E-state index >= 15 is 0 Å². The minimum absolute atomic E-state index is 0.172. The second kappa shape index (κ2) is 3.98. The number of rotatable bonds is 2. The van der Waals surface area contributed by atoms with Crippen LogP contribution < -0.4 is 4.74 Å². The summed E-state index contributed by atoms with van der Waals surface area (Å²) >= 11 is 0. The van der Waals surface area contributed by atoms with Gasteiger partial charge in [0, 0.05) is 5.56 Å². The number of benzene rings is 1. The highest BCUT2D eigenvalue weighted by atomic mass is 16.7. The zero-order valence-corrected chi connectivity index (χ0v) is 8.40. The van der Waals surface area contributed by atoms with Crippen molar-refractivity contribution in [2.24, 2.45) is 0 Å². The fraction of sp³-hybridized carbons (Fsp3) is 0.455. The molecule has 3 heteroatoms. The van der Waals surface area contributed by atoms with Crippen LogP contribution in [-0.4, -0.2) is 19.8 Å². The fourth-order valence-electron chi connectivity index (χ4n) is 1.48. The summed E-state index contributed by atoms with van der Waals surface area (Å²) in [5, 5.41) is 0. The summed E-state index contributed by atoms with van der Waals surface area (Å²) < 4.78 is 16.2. The molecule has 0 bridgehead atoms. The van der Waals surface area contributed by atoms with Crippen LogP contribution >= 0.6 is 0 Å². The average Bonchev–Trinajstić information content (AvgIpc) is 2.65. The van der Waals surface area contributed by atoms with Crippen LogP contribution in [0.15, 0.2) is 24.3 Å². The van der Waals surface area contributed by atoms with E-state index in [2.05, 4.69) is 0 Å². The lowest BCUT2D eigenvalue weighted by Crippen LogP contribution is -2.02. The molecule has 0 amide bonds. The van der Waals surface area contributed by atoms with Crippen molar-refractivity contribution in [3.63, 3.8) is 0 Å². The quantitative estimate of drug-likeness (QED) is 0.721. The molecule has 0 spiro atoms. The van der Waals surface area contributed by atoms with Gasteiger partial charge in [-0.3, -0.25) is 0 Å². The molecule has 2 atom stereocenters. The first kappa shape index (κ1) is 9.49. The van der Waals surface area contributed by atoms with Crippen LogP contribution in [0.3, 0.4) is 0 Å². The maximum Gasteiger partial charge on any atom is 0.184 e. The first-order chi connectivity index (χ1) is 6.79. The standard InChI is InChI=1S/C11H14O3/c1-8-7-13-11(14-8)9-4-3-5-10(6-9)12-2/h3-6,8,11H,7H2,1-2H3. The van der Waals surface area contributed by atoms with Crippen molar-refractivity contribution in [1.29, 1.82) is 0 Å². The van der Waals surface area contributed by atoms with Gasteiger partial charge in [0.15, 0.2) is 6.29 Å². The number of methoxy groups -OCH3 is 1. The van der Waals surface area contributed by atoms with Crippen molar-refractivity contribution in [3.8, 4) is 5.75 Å². The van der Waals surface area contributed by atoms with Gasteiger partial charge in [-0.1, -0.05) is 12.1 Å². The van der Waals surface area contributed by atoms with Crippen LogP contribution in [0.25, 0.3) is 0 Å². The predicted octanol–water partition coefficient (Wildman–Crippen LogP) is 2.13. The van der Waals surface area contributed by atoms with Crippen molar-refractivity contribution < 1.29 is 14.2 Å². The molecule has 76 valence electrons. The van der Waals surface area contributed by atoms with E-state index in [4.69, 9.17) is 14.2 Å². The van der Waals surface area contributed by atoms with Gasteiger partial charge < -0.3 is 14.2 Å². The SMILES string of the molecule is COc1cccc(C2OCC(C)O2)c1. The van der Waals surface area contributed by atoms with Crippen molar-refractivity contribution in [2.75, 3.05) is 13.7 Å². The minimum atomic E-state index is -0.236. The van der Waals surface area contributed by atoms with Gasteiger partial charge in [-0.2, -0.15) is 0 Å². The molecule has 0 aromatic heterocycles. The summed E-state index contributed by atoms with van der Waals surface area (Å²) in [6, 6.07) is 7.75. The van der Waals surface area contributed by atoms with Gasteiger partial charge in [-0.15, -0.1) is 0 Å². The molecule has 0 radical (unpaired) electrons. The van der Waals surface area contributed by atoms with Gasteiger partial charge in [0.1, 0.15) is 5.75 Å². The van der Waals surface area contributed by atoms with E-state index in [1.807, 2.05) is 31.2 Å². The van der Waals surface area contributed by atoms with Crippen molar-refractivity contribution in [2.45, 2.75) is 19.3 Å². The Morgan fingerprint density at radius 2 is 2.29 bits per heavy atom. The maximum absolute atomic E-state index is 5.57.